The molecule has 1 N–H and O–H groups in total. The minimum absolute atomic E-state index is 0.226. The van der Waals surface area contributed by atoms with Crippen LogP contribution >= 0.6 is 31.9 Å². The van der Waals surface area contributed by atoms with E-state index in [1.165, 1.54) is 19.3 Å². The average Bonchev–Trinajstić information content (AvgIpc) is 2.34. The highest BCUT2D eigenvalue weighted by atomic mass is 79.9. The van der Waals surface area contributed by atoms with Gasteiger partial charge in [-0.15, -0.1) is 0 Å². The number of hydrogen-bond acceptors (Lipinski definition) is 3. The molecular weight excluding hydrogens is 372 g/mol. The predicted molar refractivity (Wildman–Crippen MR) is 85.7 cm³/mol. The molecule has 1 fully saturated rings. The fourth-order valence-electron chi connectivity index (χ4n) is 2.45. The molecule has 1 aliphatic rings. The lowest BCUT2D eigenvalue weighted by Gasteiger charge is -2.36. The number of phenols is 1. The van der Waals surface area contributed by atoms with Gasteiger partial charge in [0.2, 0.25) is 0 Å². The zero-order valence-electron chi connectivity index (χ0n) is 11.1. The third-order valence-corrected chi connectivity index (χ3v) is 4.60. The van der Waals surface area contributed by atoms with Gasteiger partial charge < -0.3 is 5.11 Å². The van der Waals surface area contributed by atoms with E-state index in [1.54, 1.807) is 6.21 Å². The molecule has 0 amide bonds. The van der Waals surface area contributed by atoms with E-state index in [4.69, 9.17) is 0 Å². The van der Waals surface area contributed by atoms with Crippen LogP contribution in [-0.2, 0) is 0 Å². The first kappa shape index (κ1) is 14.9. The Bertz CT molecular complexity index is 481. The summed E-state index contributed by atoms with van der Waals surface area (Å²) in [5, 5.41) is 16.7. The quantitative estimate of drug-likeness (QED) is 0.755. The smallest absolute Gasteiger partial charge is 0.138 e. The molecule has 0 saturated carbocycles. The maximum atomic E-state index is 10.0. The Balaban J connectivity index is 2.22. The van der Waals surface area contributed by atoms with Gasteiger partial charge in [-0.2, -0.15) is 5.10 Å². The standard InChI is InChI=1S/C14H18Br2N2O/c1-9-4-3-5-10(2)18(9)17-8-11-6-12(15)7-13(16)14(11)19/h6-10,19H,3-5H2,1-2H3. The van der Waals surface area contributed by atoms with Gasteiger partial charge in [0.05, 0.1) is 10.7 Å². The highest BCUT2D eigenvalue weighted by Crippen LogP contribution is 2.31. The van der Waals surface area contributed by atoms with Crippen molar-refractivity contribution in [2.75, 3.05) is 0 Å². The summed E-state index contributed by atoms with van der Waals surface area (Å²) < 4.78 is 1.58. The molecule has 5 heteroatoms. The van der Waals surface area contributed by atoms with Gasteiger partial charge in [0.15, 0.2) is 0 Å². The lowest BCUT2D eigenvalue weighted by atomic mass is 10.00. The second-order valence-corrected chi connectivity index (χ2v) is 6.85. The molecule has 1 aliphatic heterocycles. The Kier molecular flexibility index (Phi) is 4.90. The lowest BCUT2D eigenvalue weighted by molar-refractivity contribution is 0.109. The molecule has 0 aliphatic carbocycles. The monoisotopic (exact) mass is 388 g/mol. The van der Waals surface area contributed by atoms with Crippen molar-refractivity contribution in [1.82, 2.24) is 5.01 Å². The van der Waals surface area contributed by atoms with Gasteiger partial charge in [0, 0.05) is 22.1 Å². The molecule has 0 spiro atoms. The summed E-state index contributed by atoms with van der Waals surface area (Å²) in [7, 11) is 0. The number of hydrazone groups is 1. The summed E-state index contributed by atoms with van der Waals surface area (Å²) in [5.41, 5.74) is 0.714. The van der Waals surface area contributed by atoms with Crippen molar-refractivity contribution in [2.45, 2.75) is 45.2 Å². The van der Waals surface area contributed by atoms with E-state index in [2.05, 4.69) is 55.8 Å². The summed E-state index contributed by atoms with van der Waals surface area (Å²) in [6.45, 7) is 4.40. The van der Waals surface area contributed by atoms with E-state index in [0.29, 0.717) is 22.1 Å². The van der Waals surface area contributed by atoms with Crippen molar-refractivity contribution >= 4 is 38.1 Å². The SMILES string of the molecule is CC1CCCC(C)N1N=Cc1cc(Br)cc(Br)c1O. The predicted octanol–water partition coefficient (Wildman–Crippen LogP) is 4.51. The Morgan fingerprint density at radius 2 is 1.89 bits per heavy atom. The zero-order chi connectivity index (χ0) is 14.0. The van der Waals surface area contributed by atoms with E-state index >= 15 is 0 Å². The Morgan fingerprint density at radius 3 is 2.53 bits per heavy atom. The van der Waals surface area contributed by atoms with E-state index in [0.717, 1.165) is 4.47 Å². The van der Waals surface area contributed by atoms with Gasteiger partial charge in [-0.25, -0.2) is 0 Å². The van der Waals surface area contributed by atoms with Crippen molar-refractivity contribution in [3.8, 4) is 5.75 Å². The van der Waals surface area contributed by atoms with Crippen molar-refractivity contribution in [3.05, 3.63) is 26.6 Å². The molecule has 2 rings (SSSR count). The molecule has 3 nitrogen and oxygen atoms in total. The molecule has 0 aromatic heterocycles. The number of hydrogen-bond donors (Lipinski definition) is 1. The molecule has 0 bridgehead atoms. The third-order valence-electron chi connectivity index (χ3n) is 3.53. The zero-order valence-corrected chi connectivity index (χ0v) is 14.3. The summed E-state index contributed by atoms with van der Waals surface area (Å²) >= 11 is 6.75. The van der Waals surface area contributed by atoms with Gasteiger partial charge in [-0.1, -0.05) is 15.9 Å². The molecule has 1 heterocycles. The van der Waals surface area contributed by atoms with Crippen molar-refractivity contribution in [1.29, 1.82) is 0 Å². The second kappa shape index (κ2) is 6.27. The van der Waals surface area contributed by atoms with Crippen LogP contribution in [0.4, 0.5) is 0 Å². The lowest BCUT2D eigenvalue weighted by Crippen LogP contribution is -2.39. The molecule has 0 radical (unpaired) electrons. The molecular formula is C14H18Br2N2O. The molecule has 2 atom stereocenters. The van der Waals surface area contributed by atoms with E-state index < -0.39 is 0 Å². The third kappa shape index (κ3) is 3.51. The Hall–Kier alpha value is -0.550. The first-order chi connectivity index (χ1) is 8.99. The first-order valence-corrected chi connectivity index (χ1v) is 8.08. The van der Waals surface area contributed by atoms with Crippen LogP contribution < -0.4 is 0 Å². The highest BCUT2D eigenvalue weighted by Gasteiger charge is 2.22. The first-order valence-electron chi connectivity index (χ1n) is 6.49. The maximum Gasteiger partial charge on any atom is 0.138 e. The number of phenolic OH excluding ortho intramolecular Hbond substituents is 1. The van der Waals surface area contributed by atoms with E-state index in [-0.39, 0.29) is 5.75 Å². The van der Waals surface area contributed by atoms with Crippen LogP contribution in [0.1, 0.15) is 38.7 Å². The van der Waals surface area contributed by atoms with Crippen LogP contribution in [0.2, 0.25) is 0 Å². The van der Waals surface area contributed by atoms with E-state index in [1.807, 2.05) is 12.1 Å². The van der Waals surface area contributed by atoms with Crippen molar-refractivity contribution in [3.63, 3.8) is 0 Å². The topological polar surface area (TPSA) is 35.8 Å². The van der Waals surface area contributed by atoms with Gasteiger partial charge in [-0.3, -0.25) is 5.01 Å². The number of nitrogens with zero attached hydrogens (tertiary/aromatic N) is 2. The van der Waals surface area contributed by atoms with Crippen LogP contribution in [0.3, 0.4) is 0 Å². The number of aromatic hydroxyl groups is 1. The number of piperidine rings is 1. The van der Waals surface area contributed by atoms with Crippen LogP contribution in [0, 0.1) is 0 Å². The minimum atomic E-state index is 0.226. The Morgan fingerprint density at radius 1 is 1.26 bits per heavy atom. The number of halogens is 2. The minimum Gasteiger partial charge on any atom is -0.506 e. The number of benzene rings is 1. The maximum absolute atomic E-state index is 10.0. The largest absolute Gasteiger partial charge is 0.506 e. The molecule has 2 unspecified atom stereocenters. The van der Waals surface area contributed by atoms with Crippen LogP contribution in [0.15, 0.2) is 26.2 Å². The highest BCUT2D eigenvalue weighted by molar-refractivity contribution is 9.11. The van der Waals surface area contributed by atoms with E-state index in [9.17, 15) is 5.11 Å². The van der Waals surface area contributed by atoms with Gasteiger partial charge >= 0.3 is 0 Å². The van der Waals surface area contributed by atoms with Crippen LogP contribution in [-0.4, -0.2) is 28.4 Å². The Labute approximate surface area is 130 Å². The van der Waals surface area contributed by atoms with Gasteiger partial charge in [0.25, 0.3) is 0 Å². The summed E-state index contributed by atoms with van der Waals surface area (Å²) in [6.07, 6.45) is 5.36. The van der Waals surface area contributed by atoms with Crippen molar-refractivity contribution < 1.29 is 5.11 Å². The summed E-state index contributed by atoms with van der Waals surface area (Å²) in [4.78, 5) is 0. The summed E-state index contributed by atoms with van der Waals surface area (Å²) in [6, 6.07) is 4.59. The normalized spacial score (nSPS) is 24.1. The van der Waals surface area contributed by atoms with Crippen molar-refractivity contribution in [2.24, 2.45) is 5.10 Å². The second-order valence-electron chi connectivity index (χ2n) is 5.08. The molecule has 19 heavy (non-hydrogen) atoms. The molecule has 1 aromatic rings. The molecule has 104 valence electrons. The fraction of sp³-hybridized carbons (Fsp3) is 0.500. The van der Waals surface area contributed by atoms with Gasteiger partial charge in [-0.05, 0) is 61.2 Å². The number of rotatable bonds is 2. The van der Waals surface area contributed by atoms with Crippen LogP contribution in [0.25, 0.3) is 0 Å². The average molecular weight is 390 g/mol. The molecule has 1 saturated heterocycles. The fourth-order valence-corrected chi connectivity index (χ4v) is 3.71. The summed E-state index contributed by atoms with van der Waals surface area (Å²) in [5.74, 6) is 0.226. The van der Waals surface area contributed by atoms with Crippen LogP contribution in [0.5, 0.6) is 5.75 Å². The van der Waals surface area contributed by atoms with Gasteiger partial charge in [0.1, 0.15) is 5.75 Å². The molecule has 1 aromatic carbocycles.